The van der Waals surface area contributed by atoms with Crippen molar-refractivity contribution in [2.45, 2.75) is 18.6 Å². The van der Waals surface area contributed by atoms with Gasteiger partial charge in [0.1, 0.15) is 5.75 Å². The highest BCUT2D eigenvalue weighted by atomic mass is 16.6. The Morgan fingerprint density at radius 3 is 2.48 bits per heavy atom. The molecule has 0 unspecified atom stereocenters. The van der Waals surface area contributed by atoms with Crippen LogP contribution >= 0.6 is 0 Å². The topological polar surface area (TPSA) is 84.9 Å². The van der Waals surface area contributed by atoms with Gasteiger partial charge in [0.05, 0.1) is 12.1 Å². The van der Waals surface area contributed by atoms with Crippen LogP contribution in [0.3, 0.4) is 0 Å². The van der Waals surface area contributed by atoms with E-state index in [0.717, 1.165) is 0 Å². The Hall–Kier alpha value is -3.35. The van der Waals surface area contributed by atoms with Crippen molar-refractivity contribution in [3.05, 3.63) is 60.2 Å². The molecule has 0 saturated carbocycles. The monoisotopic (exact) mass is 368 g/mol. The van der Waals surface area contributed by atoms with Gasteiger partial charge in [-0.1, -0.05) is 42.5 Å². The third-order valence-electron chi connectivity index (χ3n) is 4.08. The van der Waals surface area contributed by atoms with Crippen molar-refractivity contribution in [3.63, 3.8) is 0 Å². The van der Waals surface area contributed by atoms with Gasteiger partial charge < -0.3 is 19.7 Å². The molecule has 3 rings (SSSR count). The highest BCUT2D eigenvalue weighted by Crippen LogP contribution is 2.30. The van der Waals surface area contributed by atoms with E-state index in [9.17, 15) is 14.4 Å². The van der Waals surface area contributed by atoms with Gasteiger partial charge in [-0.05, 0) is 12.1 Å². The van der Waals surface area contributed by atoms with Gasteiger partial charge in [0.2, 0.25) is 6.10 Å². The summed E-state index contributed by atoms with van der Waals surface area (Å²) in [5.41, 5.74) is 1.11. The lowest BCUT2D eigenvalue weighted by molar-refractivity contribution is -0.161. The van der Waals surface area contributed by atoms with Crippen LogP contribution in [0.25, 0.3) is 0 Å². The summed E-state index contributed by atoms with van der Waals surface area (Å²) in [5.74, 6) is -1.01. The number of hydrogen-bond donors (Lipinski definition) is 1. The quantitative estimate of drug-likeness (QED) is 0.818. The van der Waals surface area contributed by atoms with Crippen LogP contribution < -0.4 is 10.1 Å². The number of amides is 2. The molecule has 140 valence electrons. The lowest BCUT2D eigenvalue weighted by Gasteiger charge is -2.26. The molecule has 0 radical (unpaired) electrons. The largest absolute Gasteiger partial charge is 0.478 e. The number of fused-ring (bicyclic) bond motifs is 1. The molecule has 1 aliphatic rings. The number of nitrogens with one attached hydrogen (secondary N) is 1. The van der Waals surface area contributed by atoms with Gasteiger partial charge in [-0.15, -0.1) is 0 Å². The van der Waals surface area contributed by atoms with E-state index in [1.54, 1.807) is 68.7 Å². The molecule has 0 fully saturated rings. The van der Waals surface area contributed by atoms with Gasteiger partial charge in [-0.3, -0.25) is 14.4 Å². The Labute approximate surface area is 156 Å². The lowest BCUT2D eigenvalue weighted by Crippen LogP contribution is -2.39. The number of carbonyl (C=O) groups is 3. The highest BCUT2D eigenvalue weighted by molar-refractivity contribution is 5.99. The number of nitrogens with zero attached hydrogens (tertiary/aromatic N) is 1. The fourth-order valence-electron chi connectivity index (χ4n) is 2.68. The minimum absolute atomic E-state index is 0.301. The summed E-state index contributed by atoms with van der Waals surface area (Å²) in [6.07, 6.45) is -2.39. The average Bonchev–Trinajstić information content (AvgIpc) is 2.66. The third kappa shape index (κ3) is 4.25. The van der Waals surface area contributed by atoms with Crippen molar-refractivity contribution >= 4 is 23.5 Å². The lowest BCUT2D eigenvalue weighted by atomic mass is 10.1. The molecule has 2 amide bonds. The Bertz CT molecular complexity index is 850. The van der Waals surface area contributed by atoms with Crippen molar-refractivity contribution in [1.29, 1.82) is 0 Å². The molecule has 0 bridgehead atoms. The number of likely N-dealkylation sites (N-methyl/N-ethyl adjacent to an activating group) is 1. The fourth-order valence-corrected chi connectivity index (χ4v) is 2.68. The van der Waals surface area contributed by atoms with Gasteiger partial charge in [0.15, 0.2) is 6.10 Å². The van der Waals surface area contributed by atoms with Crippen LogP contribution in [0.1, 0.15) is 18.1 Å². The maximum absolute atomic E-state index is 12.4. The van der Waals surface area contributed by atoms with E-state index in [4.69, 9.17) is 9.47 Å². The Morgan fingerprint density at radius 1 is 1.11 bits per heavy atom. The van der Waals surface area contributed by atoms with Crippen LogP contribution in [0.5, 0.6) is 5.75 Å². The van der Waals surface area contributed by atoms with Gasteiger partial charge in [0, 0.05) is 19.7 Å². The van der Waals surface area contributed by atoms with Crippen LogP contribution in [0.4, 0.5) is 5.69 Å². The SMILES string of the molecule is CN(C)C(=O)[C@@H](OC(=O)C[C@H]1Oc2ccccc2NC1=O)c1ccccc1. The number of rotatable bonds is 5. The van der Waals surface area contributed by atoms with E-state index in [0.29, 0.717) is 17.0 Å². The molecule has 0 aromatic heterocycles. The third-order valence-corrected chi connectivity index (χ3v) is 4.08. The molecular weight excluding hydrogens is 348 g/mol. The van der Waals surface area contributed by atoms with E-state index in [-0.39, 0.29) is 12.3 Å². The zero-order valence-corrected chi connectivity index (χ0v) is 15.0. The van der Waals surface area contributed by atoms with Crippen LogP contribution in [0, 0.1) is 0 Å². The van der Waals surface area contributed by atoms with E-state index in [1.165, 1.54) is 4.90 Å². The van der Waals surface area contributed by atoms with Crippen molar-refractivity contribution in [2.75, 3.05) is 19.4 Å². The minimum Gasteiger partial charge on any atom is -0.478 e. The number of carbonyl (C=O) groups excluding carboxylic acids is 3. The molecule has 0 aliphatic carbocycles. The Balaban J connectivity index is 1.71. The van der Waals surface area contributed by atoms with Crippen molar-refractivity contribution in [1.82, 2.24) is 4.90 Å². The number of para-hydroxylation sites is 2. The summed E-state index contributed by atoms with van der Waals surface area (Å²) >= 11 is 0. The fraction of sp³-hybridized carbons (Fsp3) is 0.250. The number of esters is 1. The summed E-state index contributed by atoms with van der Waals surface area (Å²) in [5, 5.41) is 2.69. The number of benzene rings is 2. The van der Waals surface area contributed by atoms with Crippen molar-refractivity contribution < 1.29 is 23.9 Å². The molecule has 0 spiro atoms. The highest BCUT2D eigenvalue weighted by Gasteiger charge is 2.33. The zero-order chi connectivity index (χ0) is 19.4. The zero-order valence-electron chi connectivity index (χ0n) is 15.0. The first-order valence-corrected chi connectivity index (χ1v) is 8.48. The van der Waals surface area contributed by atoms with Gasteiger partial charge in [-0.25, -0.2) is 0 Å². The second-order valence-electron chi connectivity index (χ2n) is 6.31. The summed E-state index contributed by atoms with van der Waals surface area (Å²) in [7, 11) is 3.17. The summed E-state index contributed by atoms with van der Waals surface area (Å²) in [6, 6.07) is 15.7. The van der Waals surface area contributed by atoms with Crippen LogP contribution in [0.2, 0.25) is 0 Å². The molecule has 1 heterocycles. The molecule has 0 saturated heterocycles. The number of anilines is 1. The predicted molar refractivity (Wildman–Crippen MR) is 98.1 cm³/mol. The summed E-state index contributed by atoms with van der Waals surface area (Å²) in [4.78, 5) is 38.4. The second kappa shape index (κ2) is 7.90. The predicted octanol–water partition coefficient (Wildman–Crippen LogP) is 2.15. The molecule has 1 N–H and O–H groups in total. The normalized spacial score (nSPS) is 16.4. The first-order valence-electron chi connectivity index (χ1n) is 8.48. The second-order valence-corrected chi connectivity index (χ2v) is 6.31. The molecule has 1 aliphatic heterocycles. The molecule has 7 nitrogen and oxygen atoms in total. The smallest absolute Gasteiger partial charge is 0.311 e. The van der Waals surface area contributed by atoms with Crippen LogP contribution in [0.15, 0.2) is 54.6 Å². The molecule has 2 aromatic rings. The van der Waals surface area contributed by atoms with Gasteiger partial charge in [-0.2, -0.15) is 0 Å². The first kappa shape index (κ1) is 18.4. The maximum Gasteiger partial charge on any atom is 0.311 e. The molecule has 2 aromatic carbocycles. The average molecular weight is 368 g/mol. The maximum atomic E-state index is 12.4. The molecular formula is C20H20N2O5. The van der Waals surface area contributed by atoms with Crippen molar-refractivity contribution in [2.24, 2.45) is 0 Å². The minimum atomic E-state index is -1.08. The van der Waals surface area contributed by atoms with E-state index in [1.807, 2.05) is 0 Å². The Kier molecular flexibility index (Phi) is 5.40. The van der Waals surface area contributed by atoms with Gasteiger partial charge >= 0.3 is 5.97 Å². The first-order chi connectivity index (χ1) is 13.0. The van der Waals surface area contributed by atoms with E-state index < -0.39 is 24.1 Å². The summed E-state index contributed by atoms with van der Waals surface area (Å²) < 4.78 is 11.0. The number of ether oxygens (including phenoxy) is 2. The number of hydrogen-bond acceptors (Lipinski definition) is 5. The van der Waals surface area contributed by atoms with Crippen LogP contribution in [-0.4, -0.2) is 42.9 Å². The Morgan fingerprint density at radius 2 is 1.78 bits per heavy atom. The van der Waals surface area contributed by atoms with Crippen LogP contribution in [-0.2, 0) is 19.1 Å². The summed E-state index contributed by atoms with van der Waals surface area (Å²) in [6.45, 7) is 0. The van der Waals surface area contributed by atoms with E-state index in [2.05, 4.69) is 5.32 Å². The van der Waals surface area contributed by atoms with E-state index >= 15 is 0 Å². The van der Waals surface area contributed by atoms with Gasteiger partial charge in [0.25, 0.3) is 11.8 Å². The standard InChI is InChI=1S/C20H20N2O5/c1-22(2)20(25)18(13-8-4-3-5-9-13)27-17(23)12-16-19(24)21-14-10-6-7-11-15(14)26-16/h3-11,16,18H,12H2,1-2H3,(H,21,24)/t16-,18+/m1/s1. The molecule has 7 heteroatoms. The molecule has 2 atom stereocenters. The molecule has 27 heavy (non-hydrogen) atoms. The van der Waals surface area contributed by atoms with Crippen molar-refractivity contribution in [3.8, 4) is 5.75 Å².